The van der Waals surface area contributed by atoms with Crippen LogP contribution in [0.2, 0.25) is 0 Å². The summed E-state index contributed by atoms with van der Waals surface area (Å²) in [5, 5.41) is 12.7. The average Bonchev–Trinajstić information content (AvgIpc) is 2.27. The molecule has 0 bridgehead atoms. The Kier molecular flexibility index (Phi) is 5.71. The van der Waals surface area contributed by atoms with Gasteiger partial charge in [-0.1, -0.05) is 12.1 Å². The molecule has 0 saturated heterocycles. The minimum Gasteiger partial charge on any atom is -0.387 e. The lowest BCUT2D eigenvalue weighted by Gasteiger charge is -2.12. The van der Waals surface area contributed by atoms with Crippen LogP contribution >= 0.6 is 0 Å². The van der Waals surface area contributed by atoms with E-state index in [0.29, 0.717) is 25.1 Å². The van der Waals surface area contributed by atoms with Crippen molar-refractivity contribution >= 4 is 9.84 Å². The Hall–Kier alpha value is -0.980. The molecule has 2 N–H and O–H groups in total. The fourth-order valence-corrected chi connectivity index (χ4v) is 2.17. The van der Waals surface area contributed by atoms with Crippen LogP contribution in [0.1, 0.15) is 18.1 Å². The quantitative estimate of drug-likeness (QED) is 0.725. The normalized spacial score (nSPS) is 13.5. The Morgan fingerprint density at radius 3 is 2.50 bits per heavy atom. The SMILES string of the molecule is CS(=O)(=O)CCCNCC(O)c1ccc(F)cc1. The molecule has 0 heterocycles. The third-order valence-electron chi connectivity index (χ3n) is 2.46. The highest BCUT2D eigenvalue weighted by molar-refractivity contribution is 7.90. The second kappa shape index (κ2) is 6.82. The van der Waals surface area contributed by atoms with Crippen molar-refractivity contribution in [3.05, 3.63) is 35.6 Å². The van der Waals surface area contributed by atoms with Gasteiger partial charge in [-0.3, -0.25) is 0 Å². The lowest BCUT2D eigenvalue weighted by Crippen LogP contribution is -2.24. The summed E-state index contributed by atoms with van der Waals surface area (Å²) in [5.74, 6) is -0.209. The second-order valence-electron chi connectivity index (χ2n) is 4.25. The van der Waals surface area contributed by atoms with Crippen LogP contribution in [0.5, 0.6) is 0 Å². The smallest absolute Gasteiger partial charge is 0.147 e. The van der Waals surface area contributed by atoms with E-state index in [9.17, 15) is 17.9 Å². The molecule has 0 aliphatic carbocycles. The van der Waals surface area contributed by atoms with E-state index in [1.54, 1.807) is 0 Å². The van der Waals surface area contributed by atoms with E-state index in [1.807, 2.05) is 0 Å². The summed E-state index contributed by atoms with van der Waals surface area (Å²) in [6, 6.07) is 5.64. The van der Waals surface area contributed by atoms with Crippen LogP contribution in [0, 0.1) is 5.82 Å². The molecular formula is C12H18FNO3S. The Morgan fingerprint density at radius 2 is 1.94 bits per heavy atom. The van der Waals surface area contributed by atoms with Gasteiger partial charge in [0.25, 0.3) is 0 Å². The molecule has 1 aromatic rings. The first kappa shape index (κ1) is 15.1. The minimum absolute atomic E-state index is 0.132. The fraction of sp³-hybridized carbons (Fsp3) is 0.500. The van der Waals surface area contributed by atoms with Gasteiger partial charge in [-0.25, -0.2) is 12.8 Å². The number of hydrogen-bond donors (Lipinski definition) is 2. The molecule has 1 rings (SSSR count). The number of benzene rings is 1. The Morgan fingerprint density at radius 1 is 1.33 bits per heavy atom. The van der Waals surface area contributed by atoms with Crippen LogP contribution < -0.4 is 5.32 Å². The zero-order valence-electron chi connectivity index (χ0n) is 10.3. The van der Waals surface area contributed by atoms with Gasteiger partial charge in [-0.05, 0) is 30.7 Å². The topological polar surface area (TPSA) is 66.4 Å². The van der Waals surface area contributed by atoms with Crippen molar-refractivity contribution in [3.63, 3.8) is 0 Å². The van der Waals surface area contributed by atoms with Crippen LogP contribution in [-0.4, -0.2) is 38.6 Å². The van der Waals surface area contributed by atoms with Gasteiger partial charge in [0.15, 0.2) is 0 Å². The van der Waals surface area contributed by atoms with Crippen molar-refractivity contribution in [1.82, 2.24) is 5.32 Å². The molecule has 0 radical (unpaired) electrons. The summed E-state index contributed by atoms with van der Waals surface area (Å²) >= 11 is 0. The largest absolute Gasteiger partial charge is 0.387 e. The van der Waals surface area contributed by atoms with Crippen LogP contribution in [0.15, 0.2) is 24.3 Å². The van der Waals surface area contributed by atoms with Crippen molar-refractivity contribution in [2.24, 2.45) is 0 Å². The third kappa shape index (κ3) is 6.09. The lowest BCUT2D eigenvalue weighted by atomic mass is 10.1. The number of rotatable bonds is 7. The van der Waals surface area contributed by atoms with Crippen molar-refractivity contribution in [1.29, 1.82) is 0 Å². The number of nitrogens with one attached hydrogen (secondary N) is 1. The molecule has 0 amide bonds. The molecule has 0 aliphatic heterocycles. The van der Waals surface area contributed by atoms with E-state index < -0.39 is 15.9 Å². The van der Waals surface area contributed by atoms with E-state index in [0.717, 1.165) is 0 Å². The monoisotopic (exact) mass is 275 g/mol. The van der Waals surface area contributed by atoms with Crippen LogP contribution in [0.3, 0.4) is 0 Å². The maximum Gasteiger partial charge on any atom is 0.147 e. The Bertz CT molecular complexity index is 459. The summed E-state index contributed by atoms with van der Waals surface area (Å²) in [6.45, 7) is 0.834. The van der Waals surface area contributed by atoms with Crippen LogP contribution in [0.25, 0.3) is 0 Å². The predicted molar refractivity (Wildman–Crippen MR) is 68.6 cm³/mol. The lowest BCUT2D eigenvalue weighted by molar-refractivity contribution is 0.175. The van der Waals surface area contributed by atoms with Crippen molar-refractivity contribution < 1.29 is 17.9 Å². The molecule has 0 saturated carbocycles. The Labute approximate surface area is 107 Å². The summed E-state index contributed by atoms with van der Waals surface area (Å²) in [5.41, 5.74) is 0.631. The molecule has 0 aliphatic rings. The molecule has 6 heteroatoms. The molecule has 0 aromatic heterocycles. The summed E-state index contributed by atoms with van der Waals surface area (Å²) in [7, 11) is -2.93. The first-order valence-electron chi connectivity index (χ1n) is 5.70. The van der Waals surface area contributed by atoms with E-state index in [1.165, 1.54) is 30.5 Å². The highest BCUT2D eigenvalue weighted by Crippen LogP contribution is 2.12. The van der Waals surface area contributed by atoms with Gasteiger partial charge in [-0.2, -0.15) is 0 Å². The van der Waals surface area contributed by atoms with Crippen LogP contribution in [0.4, 0.5) is 4.39 Å². The zero-order valence-corrected chi connectivity index (χ0v) is 11.1. The highest BCUT2D eigenvalue weighted by Gasteiger charge is 2.07. The molecule has 0 spiro atoms. The average molecular weight is 275 g/mol. The van der Waals surface area contributed by atoms with E-state index >= 15 is 0 Å². The molecule has 1 aromatic carbocycles. The molecule has 18 heavy (non-hydrogen) atoms. The maximum absolute atomic E-state index is 12.7. The minimum atomic E-state index is -2.93. The molecular weight excluding hydrogens is 257 g/mol. The van der Waals surface area contributed by atoms with E-state index in [-0.39, 0.29) is 11.6 Å². The summed E-state index contributed by atoms with van der Waals surface area (Å²) < 4.78 is 34.4. The number of aliphatic hydroxyl groups excluding tert-OH is 1. The number of aliphatic hydroxyl groups is 1. The highest BCUT2D eigenvalue weighted by atomic mass is 32.2. The van der Waals surface area contributed by atoms with Gasteiger partial charge in [0, 0.05) is 12.8 Å². The molecule has 1 unspecified atom stereocenters. The van der Waals surface area contributed by atoms with Gasteiger partial charge in [-0.15, -0.1) is 0 Å². The van der Waals surface area contributed by atoms with Gasteiger partial charge >= 0.3 is 0 Å². The van der Waals surface area contributed by atoms with Gasteiger partial charge in [0.1, 0.15) is 15.7 Å². The summed E-state index contributed by atoms with van der Waals surface area (Å²) in [6.07, 6.45) is 0.985. The van der Waals surface area contributed by atoms with Gasteiger partial charge < -0.3 is 10.4 Å². The first-order chi connectivity index (χ1) is 8.38. The van der Waals surface area contributed by atoms with Crippen LogP contribution in [-0.2, 0) is 9.84 Å². The number of halogens is 1. The van der Waals surface area contributed by atoms with Crippen molar-refractivity contribution in [2.45, 2.75) is 12.5 Å². The van der Waals surface area contributed by atoms with E-state index in [2.05, 4.69) is 5.32 Å². The summed E-state index contributed by atoms with van der Waals surface area (Å²) in [4.78, 5) is 0. The van der Waals surface area contributed by atoms with Crippen molar-refractivity contribution in [2.75, 3.05) is 25.1 Å². The maximum atomic E-state index is 12.7. The molecule has 1 atom stereocenters. The number of sulfone groups is 1. The second-order valence-corrected chi connectivity index (χ2v) is 6.51. The van der Waals surface area contributed by atoms with Gasteiger partial charge in [0.05, 0.1) is 11.9 Å². The van der Waals surface area contributed by atoms with Gasteiger partial charge in [0.2, 0.25) is 0 Å². The third-order valence-corrected chi connectivity index (χ3v) is 3.49. The first-order valence-corrected chi connectivity index (χ1v) is 7.76. The Balaban J connectivity index is 2.25. The molecule has 0 fully saturated rings. The number of hydrogen-bond acceptors (Lipinski definition) is 4. The zero-order chi connectivity index (χ0) is 13.6. The standard InChI is InChI=1S/C12H18FNO3S/c1-18(16,17)8-2-7-14-9-12(15)10-3-5-11(13)6-4-10/h3-6,12,14-15H,2,7-9H2,1H3. The molecule has 102 valence electrons. The van der Waals surface area contributed by atoms with Crippen molar-refractivity contribution in [3.8, 4) is 0 Å². The van der Waals surface area contributed by atoms with E-state index in [4.69, 9.17) is 0 Å². The molecule has 4 nitrogen and oxygen atoms in total. The predicted octanol–water partition coefficient (Wildman–Crippen LogP) is 0.883. The fourth-order valence-electron chi connectivity index (χ4n) is 1.50.